The fraction of sp³-hybridized carbons (Fsp3) is 0.0870. The summed E-state index contributed by atoms with van der Waals surface area (Å²) in [4.78, 5) is 4.22. The van der Waals surface area contributed by atoms with Crippen LogP contribution < -0.4 is 5.32 Å². The fourth-order valence-electron chi connectivity index (χ4n) is 3.07. The van der Waals surface area contributed by atoms with Crippen molar-refractivity contribution in [1.29, 1.82) is 0 Å². The van der Waals surface area contributed by atoms with Gasteiger partial charge in [0.15, 0.2) is 0 Å². The van der Waals surface area contributed by atoms with Crippen molar-refractivity contribution in [1.82, 2.24) is 4.98 Å². The molecule has 0 spiro atoms. The summed E-state index contributed by atoms with van der Waals surface area (Å²) in [5.74, 6) is -0.375. The normalized spacial score (nSPS) is 11.5. The van der Waals surface area contributed by atoms with Crippen LogP contribution in [0.4, 0.5) is 10.3 Å². The highest BCUT2D eigenvalue weighted by molar-refractivity contribution is 7.91. The Labute approximate surface area is 184 Å². The molecule has 1 aromatic heterocycles. The molecule has 1 N–H and O–H groups in total. The van der Waals surface area contributed by atoms with Gasteiger partial charge in [-0.05, 0) is 54.4 Å². The Morgan fingerprint density at radius 2 is 1.68 bits per heavy atom. The van der Waals surface area contributed by atoms with Crippen LogP contribution in [-0.4, -0.2) is 13.4 Å². The smallest absolute Gasteiger partial charge is 0.234 e. The number of hydrogen-bond acceptors (Lipinski definition) is 5. The molecule has 4 rings (SSSR count). The lowest BCUT2D eigenvalue weighted by Gasteiger charge is -2.07. The highest BCUT2D eigenvalue weighted by atomic mass is 35.5. The van der Waals surface area contributed by atoms with E-state index in [1.165, 1.54) is 12.1 Å². The molecule has 31 heavy (non-hydrogen) atoms. The minimum absolute atomic E-state index is 0.0116. The zero-order valence-corrected chi connectivity index (χ0v) is 18.0. The lowest BCUT2D eigenvalue weighted by atomic mass is 10.1. The van der Waals surface area contributed by atoms with Crippen LogP contribution in [-0.2, 0) is 16.4 Å². The van der Waals surface area contributed by atoms with Crippen LogP contribution in [0.2, 0.25) is 5.02 Å². The Kier molecular flexibility index (Phi) is 5.80. The van der Waals surface area contributed by atoms with E-state index in [9.17, 15) is 12.8 Å². The first-order chi connectivity index (χ1) is 14.9. The molecular weight excluding hydrogens is 439 g/mol. The van der Waals surface area contributed by atoms with Crippen molar-refractivity contribution in [3.8, 4) is 11.5 Å². The van der Waals surface area contributed by atoms with Crippen molar-refractivity contribution in [2.75, 3.05) is 5.32 Å². The Hall–Kier alpha value is -3.16. The van der Waals surface area contributed by atoms with Crippen molar-refractivity contribution in [3.05, 3.63) is 94.8 Å². The summed E-state index contributed by atoms with van der Waals surface area (Å²) in [5, 5.41) is 3.27. The first-order valence-electron chi connectivity index (χ1n) is 9.41. The van der Waals surface area contributed by atoms with Gasteiger partial charge in [-0.3, -0.25) is 0 Å². The maximum Gasteiger partial charge on any atom is 0.234 e. The topological polar surface area (TPSA) is 72.2 Å². The van der Waals surface area contributed by atoms with E-state index in [0.717, 1.165) is 23.3 Å². The minimum atomic E-state index is -4.07. The third-order valence-corrected chi connectivity index (χ3v) is 6.79. The number of nitrogens with one attached hydrogen (secondary N) is 1. The number of aromatic nitrogens is 1. The second-order valence-electron chi connectivity index (χ2n) is 6.87. The molecule has 5 nitrogen and oxygen atoms in total. The van der Waals surface area contributed by atoms with Gasteiger partial charge in [0, 0.05) is 17.1 Å². The quantitative estimate of drug-likeness (QED) is 0.366. The van der Waals surface area contributed by atoms with Crippen molar-refractivity contribution in [3.63, 3.8) is 0 Å². The summed E-state index contributed by atoms with van der Waals surface area (Å²) < 4.78 is 45.7. The van der Waals surface area contributed by atoms with E-state index in [1.807, 2.05) is 37.3 Å². The first kappa shape index (κ1) is 21.1. The highest BCUT2D eigenvalue weighted by Gasteiger charge is 2.29. The molecule has 0 unspecified atom stereocenters. The number of hydrogen-bond donors (Lipinski definition) is 1. The summed E-state index contributed by atoms with van der Waals surface area (Å²) in [5.41, 5.74) is 2.32. The maximum absolute atomic E-state index is 13.3. The van der Waals surface area contributed by atoms with E-state index >= 15 is 0 Å². The molecule has 0 aliphatic carbocycles. The first-order valence-corrected chi connectivity index (χ1v) is 11.3. The summed E-state index contributed by atoms with van der Waals surface area (Å²) in [6.45, 7) is 2.11. The molecular formula is C23H18ClFN2O3S. The predicted octanol–water partition coefficient (Wildman–Crippen LogP) is 5.89. The number of halogens is 2. The van der Waals surface area contributed by atoms with E-state index in [1.54, 1.807) is 18.2 Å². The molecule has 0 fully saturated rings. The number of benzene rings is 3. The van der Waals surface area contributed by atoms with Crippen molar-refractivity contribution >= 4 is 27.3 Å². The monoisotopic (exact) mass is 456 g/mol. The number of nitrogens with zero attached hydrogens (tertiary/aromatic N) is 1. The van der Waals surface area contributed by atoms with E-state index in [4.69, 9.17) is 16.0 Å². The molecule has 3 aromatic carbocycles. The second-order valence-corrected chi connectivity index (χ2v) is 9.14. The molecule has 0 bridgehead atoms. The number of oxazole rings is 1. The van der Waals surface area contributed by atoms with Crippen molar-refractivity contribution < 1.29 is 17.2 Å². The maximum atomic E-state index is 13.3. The molecule has 0 aliphatic heterocycles. The molecule has 0 atom stereocenters. The number of sulfone groups is 1. The Balaban J connectivity index is 1.79. The van der Waals surface area contributed by atoms with Gasteiger partial charge < -0.3 is 9.73 Å². The summed E-state index contributed by atoms with van der Waals surface area (Å²) >= 11 is 6.21. The Morgan fingerprint density at radius 1 is 1.00 bits per heavy atom. The molecule has 0 saturated heterocycles. The molecule has 4 aromatic rings. The van der Waals surface area contributed by atoms with Gasteiger partial charge in [-0.1, -0.05) is 48.0 Å². The molecule has 1 heterocycles. The Bertz CT molecular complexity index is 1340. The van der Waals surface area contributed by atoms with Crippen LogP contribution in [0.1, 0.15) is 11.1 Å². The zero-order valence-electron chi connectivity index (χ0n) is 16.5. The van der Waals surface area contributed by atoms with E-state index in [0.29, 0.717) is 10.6 Å². The molecule has 158 valence electrons. The Morgan fingerprint density at radius 3 is 2.39 bits per heavy atom. The number of rotatable bonds is 6. The lowest BCUT2D eigenvalue weighted by molar-refractivity contribution is 0.576. The van der Waals surface area contributed by atoms with Crippen molar-refractivity contribution in [2.45, 2.75) is 23.4 Å². The van der Waals surface area contributed by atoms with Gasteiger partial charge in [0.2, 0.25) is 26.6 Å². The average Bonchev–Trinajstić information content (AvgIpc) is 3.19. The van der Waals surface area contributed by atoms with Gasteiger partial charge in [0.1, 0.15) is 5.82 Å². The summed E-state index contributed by atoms with van der Waals surface area (Å²) in [6, 6.07) is 19.1. The zero-order chi connectivity index (χ0) is 22.0. The minimum Gasteiger partial charge on any atom is -0.419 e. The summed E-state index contributed by atoms with van der Waals surface area (Å²) in [7, 11) is -4.07. The van der Waals surface area contributed by atoms with Crippen LogP contribution in [0.5, 0.6) is 0 Å². The van der Waals surface area contributed by atoms with Gasteiger partial charge in [0.25, 0.3) is 0 Å². The van der Waals surface area contributed by atoms with Crippen molar-refractivity contribution in [2.24, 2.45) is 0 Å². The largest absolute Gasteiger partial charge is 0.419 e. The van der Waals surface area contributed by atoms with Gasteiger partial charge in [0.05, 0.1) is 4.90 Å². The molecule has 0 aliphatic rings. The molecule has 0 radical (unpaired) electrons. The molecule has 0 saturated carbocycles. The number of aryl methyl sites for hydroxylation is 1. The van der Waals surface area contributed by atoms with Gasteiger partial charge >= 0.3 is 0 Å². The highest BCUT2D eigenvalue weighted by Crippen LogP contribution is 2.34. The standard InChI is InChI=1S/C23H18ClFN2O3S/c1-15-6-2-4-8-19(15)21-27-23(31(28,29)18-12-10-17(25)11-13-18)22(30-21)26-14-16-7-3-5-9-20(16)24/h2-13,26H,14H2,1H3. The van der Waals surface area contributed by atoms with Crippen LogP contribution >= 0.6 is 11.6 Å². The van der Waals surface area contributed by atoms with Crippen LogP contribution in [0.15, 0.2) is 87.1 Å². The summed E-state index contributed by atoms with van der Waals surface area (Å²) in [6.07, 6.45) is 0. The third kappa shape index (κ3) is 4.33. The van der Waals surface area contributed by atoms with E-state index < -0.39 is 15.7 Å². The predicted molar refractivity (Wildman–Crippen MR) is 117 cm³/mol. The second kappa shape index (κ2) is 8.53. The van der Waals surface area contributed by atoms with Crippen LogP contribution in [0.3, 0.4) is 0 Å². The average molecular weight is 457 g/mol. The van der Waals surface area contributed by atoms with Gasteiger partial charge in [-0.2, -0.15) is 4.98 Å². The SMILES string of the molecule is Cc1ccccc1-c1nc(S(=O)(=O)c2ccc(F)cc2)c(NCc2ccccc2Cl)o1. The van der Waals surface area contributed by atoms with Gasteiger partial charge in [-0.25, -0.2) is 12.8 Å². The third-order valence-electron chi connectivity index (χ3n) is 4.75. The van der Waals surface area contributed by atoms with E-state index in [-0.39, 0.29) is 28.2 Å². The lowest BCUT2D eigenvalue weighted by Crippen LogP contribution is -2.08. The van der Waals surface area contributed by atoms with Crippen LogP contribution in [0, 0.1) is 12.7 Å². The molecule has 0 amide bonds. The van der Waals surface area contributed by atoms with Gasteiger partial charge in [-0.15, -0.1) is 0 Å². The molecule has 8 heteroatoms. The fourth-order valence-corrected chi connectivity index (χ4v) is 4.55. The van der Waals surface area contributed by atoms with E-state index in [2.05, 4.69) is 10.3 Å². The number of anilines is 1. The van der Waals surface area contributed by atoms with Crippen LogP contribution in [0.25, 0.3) is 11.5 Å².